The first-order chi connectivity index (χ1) is 11.7. The molecule has 1 saturated carbocycles. The molecule has 0 spiro atoms. The lowest BCUT2D eigenvalue weighted by atomic mass is 9.88. The second-order valence-corrected chi connectivity index (χ2v) is 6.48. The van der Waals surface area contributed by atoms with E-state index in [1.807, 2.05) is 0 Å². The smallest absolute Gasteiger partial charge is 0.245 e. The van der Waals surface area contributed by atoms with Crippen LogP contribution in [-0.4, -0.2) is 52.7 Å². The van der Waals surface area contributed by atoms with Gasteiger partial charge in [-0.3, -0.25) is 9.59 Å². The van der Waals surface area contributed by atoms with Crippen LogP contribution in [0.2, 0.25) is 0 Å². The number of amides is 2. The molecule has 1 aromatic rings. The van der Waals surface area contributed by atoms with Crippen LogP contribution in [0.15, 0.2) is 10.9 Å². The van der Waals surface area contributed by atoms with Gasteiger partial charge in [-0.1, -0.05) is 24.4 Å². The maximum atomic E-state index is 12.8. The van der Waals surface area contributed by atoms with Crippen LogP contribution in [0.1, 0.15) is 50.9 Å². The van der Waals surface area contributed by atoms with E-state index < -0.39 is 6.04 Å². The van der Waals surface area contributed by atoms with Gasteiger partial charge in [0.05, 0.1) is 13.2 Å². The standard InChI is InChI=1S/C16H24N4O4/c1-11(18-15(21)12-5-3-2-4-6-12)16(22)20-7-8-23-9-13(20)14-17-10-24-19-14/h10-13H,2-9H2,1H3,(H,18,21). The fourth-order valence-corrected chi connectivity index (χ4v) is 3.41. The third kappa shape index (κ3) is 3.75. The lowest BCUT2D eigenvalue weighted by Gasteiger charge is -2.35. The predicted octanol–water partition coefficient (Wildman–Crippen LogP) is 1.05. The van der Waals surface area contributed by atoms with Gasteiger partial charge >= 0.3 is 0 Å². The van der Waals surface area contributed by atoms with Gasteiger partial charge in [-0.05, 0) is 19.8 Å². The molecule has 1 N–H and O–H groups in total. The molecule has 0 aromatic carbocycles. The summed E-state index contributed by atoms with van der Waals surface area (Å²) >= 11 is 0. The number of hydrogen-bond acceptors (Lipinski definition) is 6. The Bertz CT molecular complexity index is 556. The van der Waals surface area contributed by atoms with Gasteiger partial charge in [-0.15, -0.1) is 0 Å². The Morgan fingerprint density at radius 1 is 1.33 bits per heavy atom. The summed E-state index contributed by atoms with van der Waals surface area (Å²) in [5.74, 6) is 0.303. The fourth-order valence-electron chi connectivity index (χ4n) is 3.41. The molecule has 2 aliphatic rings. The van der Waals surface area contributed by atoms with Gasteiger partial charge in [0.25, 0.3) is 0 Å². The minimum absolute atomic E-state index is 0.0140. The van der Waals surface area contributed by atoms with Crippen molar-refractivity contribution in [2.75, 3.05) is 19.8 Å². The molecule has 1 aliphatic heterocycles. The summed E-state index contributed by atoms with van der Waals surface area (Å²) in [6.07, 6.45) is 6.43. The van der Waals surface area contributed by atoms with Crippen LogP contribution in [0.4, 0.5) is 0 Å². The molecule has 1 saturated heterocycles. The van der Waals surface area contributed by atoms with E-state index in [4.69, 9.17) is 9.26 Å². The van der Waals surface area contributed by atoms with Crippen molar-refractivity contribution in [1.29, 1.82) is 0 Å². The highest BCUT2D eigenvalue weighted by Crippen LogP contribution is 2.25. The molecule has 2 fully saturated rings. The molecule has 0 bridgehead atoms. The Balaban J connectivity index is 1.61. The number of carbonyl (C=O) groups excluding carboxylic acids is 2. The zero-order chi connectivity index (χ0) is 16.9. The van der Waals surface area contributed by atoms with E-state index in [-0.39, 0.29) is 23.8 Å². The fraction of sp³-hybridized carbons (Fsp3) is 0.750. The molecule has 0 radical (unpaired) electrons. The largest absolute Gasteiger partial charge is 0.377 e. The van der Waals surface area contributed by atoms with Gasteiger partial charge in [-0.2, -0.15) is 4.98 Å². The van der Waals surface area contributed by atoms with E-state index in [1.165, 1.54) is 12.8 Å². The van der Waals surface area contributed by atoms with Crippen molar-refractivity contribution < 1.29 is 18.8 Å². The predicted molar refractivity (Wildman–Crippen MR) is 83.8 cm³/mol. The van der Waals surface area contributed by atoms with Crippen molar-refractivity contribution in [3.8, 4) is 0 Å². The maximum Gasteiger partial charge on any atom is 0.245 e. The Kier molecular flexibility index (Phi) is 5.44. The molecule has 8 heteroatoms. The molecule has 3 rings (SSSR count). The molecular formula is C16H24N4O4. The first kappa shape index (κ1) is 16.9. The number of carbonyl (C=O) groups is 2. The normalized spacial score (nSPS) is 23.7. The quantitative estimate of drug-likeness (QED) is 0.883. The van der Waals surface area contributed by atoms with Crippen LogP contribution in [0.3, 0.4) is 0 Å². The molecule has 1 aliphatic carbocycles. The average molecular weight is 336 g/mol. The average Bonchev–Trinajstić information content (AvgIpc) is 3.16. The third-order valence-corrected chi connectivity index (χ3v) is 4.79. The molecule has 2 heterocycles. The van der Waals surface area contributed by atoms with E-state index in [0.717, 1.165) is 25.7 Å². The van der Waals surface area contributed by atoms with Crippen LogP contribution in [-0.2, 0) is 14.3 Å². The van der Waals surface area contributed by atoms with Crippen molar-refractivity contribution in [3.63, 3.8) is 0 Å². The highest BCUT2D eigenvalue weighted by Gasteiger charge is 2.35. The Labute approximate surface area is 140 Å². The Morgan fingerprint density at radius 3 is 2.83 bits per heavy atom. The Hall–Kier alpha value is -1.96. The topological polar surface area (TPSA) is 97.6 Å². The van der Waals surface area contributed by atoms with Crippen molar-refractivity contribution in [2.45, 2.75) is 51.1 Å². The van der Waals surface area contributed by atoms with Crippen LogP contribution in [0.5, 0.6) is 0 Å². The van der Waals surface area contributed by atoms with Crippen LogP contribution in [0, 0.1) is 5.92 Å². The van der Waals surface area contributed by atoms with Crippen LogP contribution in [0.25, 0.3) is 0 Å². The van der Waals surface area contributed by atoms with E-state index in [0.29, 0.717) is 25.6 Å². The molecule has 8 nitrogen and oxygen atoms in total. The minimum atomic E-state index is -0.577. The van der Waals surface area contributed by atoms with E-state index in [9.17, 15) is 9.59 Å². The molecule has 2 unspecified atom stereocenters. The highest BCUT2D eigenvalue weighted by molar-refractivity contribution is 5.88. The molecule has 1 aromatic heterocycles. The summed E-state index contributed by atoms with van der Waals surface area (Å²) < 4.78 is 10.2. The summed E-state index contributed by atoms with van der Waals surface area (Å²) in [6, 6.07) is -0.953. The first-order valence-electron chi connectivity index (χ1n) is 8.61. The maximum absolute atomic E-state index is 12.8. The minimum Gasteiger partial charge on any atom is -0.377 e. The van der Waals surface area contributed by atoms with Crippen molar-refractivity contribution >= 4 is 11.8 Å². The van der Waals surface area contributed by atoms with Gasteiger partial charge in [0, 0.05) is 12.5 Å². The molecular weight excluding hydrogens is 312 g/mol. The van der Waals surface area contributed by atoms with Crippen molar-refractivity contribution in [1.82, 2.24) is 20.4 Å². The lowest BCUT2D eigenvalue weighted by Crippen LogP contribution is -2.52. The van der Waals surface area contributed by atoms with Gasteiger partial charge in [0.15, 0.2) is 5.82 Å². The van der Waals surface area contributed by atoms with Gasteiger partial charge in [-0.25, -0.2) is 0 Å². The van der Waals surface area contributed by atoms with E-state index in [1.54, 1.807) is 11.8 Å². The number of nitrogens with zero attached hydrogens (tertiary/aromatic N) is 3. The highest BCUT2D eigenvalue weighted by atomic mass is 16.5. The number of rotatable bonds is 4. The summed E-state index contributed by atoms with van der Waals surface area (Å²) in [5.41, 5.74) is 0. The molecule has 2 amide bonds. The first-order valence-corrected chi connectivity index (χ1v) is 8.61. The summed E-state index contributed by atoms with van der Waals surface area (Å²) in [4.78, 5) is 30.8. The van der Waals surface area contributed by atoms with E-state index in [2.05, 4.69) is 15.5 Å². The number of aromatic nitrogens is 2. The zero-order valence-electron chi connectivity index (χ0n) is 13.9. The van der Waals surface area contributed by atoms with Crippen molar-refractivity contribution in [3.05, 3.63) is 12.2 Å². The van der Waals surface area contributed by atoms with Gasteiger partial charge in [0.1, 0.15) is 12.1 Å². The second kappa shape index (κ2) is 7.74. The monoisotopic (exact) mass is 336 g/mol. The van der Waals surface area contributed by atoms with Crippen LogP contribution >= 0.6 is 0 Å². The zero-order valence-corrected chi connectivity index (χ0v) is 13.9. The number of ether oxygens (including phenoxy) is 1. The lowest BCUT2D eigenvalue weighted by molar-refractivity contribution is -0.144. The Morgan fingerprint density at radius 2 is 2.12 bits per heavy atom. The molecule has 132 valence electrons. The number of nitrogens with one attached hydrogen (secondary N) is 1. The van der Waals surface area contributed by atoms with Crippen molar-refractivity contribution in [2.24, 2.45) is 5.92 Å². The van der Waals surface area contributed by atoms with Gasteiger partial charge in [0.2, 0.25) is 18.2 Å². The summed E-state index contributed by atoms with van der Waals surface area (Å²) in [5, 5.41) is 6.70. The molecule has 2 atom stereocenters. The third-order valence-electron chi connectivity index (χ3n) is 4.79. The summed E-state index contributed by atoms with van der Waals surface area (Å²) in [6.45, 7) is 2.96. The second-order valence-electron chi connectivity index (χ2n) is 6.48. The van der Waals surface area contributed by atoms with Crippen LogP contribution < -0.4 is 5.32 Å². The SMILES string of the molecule is CC(NC(=O)C1CCCCC1)C(=O)N1CCOCC1c1ncon1. The summed E-state index contributed by atoms with van der Waals surface area (Å²) in [7, 11) is 0. The van der Waals surface area contributed by atoms with Gasteiger partial charge < -0.3 is 19.5 Å². The number of morpholine rings is 1. The van der Waals surface area contributed by atoms with E-state index >= 15 is 0 Å². The number of hydrogen-bond donors (Lipinski definition) is 1. The molecule has 24 heavy (non-hydrogen) atoms.